The van der Waals surface area contributed by atoms with Crippen LogP contribution in [-0.2, 0) is 0 Å². The summed E-state index contributed by atoms with van der Waals surface area (Å²) in [5.74, 6) is 1.66. The first-order chi connectivity index (χ1) is 10.1. The van der Waals surface area contributed by atoms with Gasteiger partial charge in [-0.25, -0.2) is 9.97 Å². The Hall–Kier alpha value is -2.75. The van der Waals surface area contributed by atoms with Gasteiger partial charge in [0.2, 0.25) is 0 Å². The molecule has 5 N–H and O–H groups in total. The van der Waals surface area contributed by atoms with Gasteiger partial charge in [-0.15, -0.1) is 0 Å². The van der Waals surface area contributed by atoms with Gasteiger partial charge >= 0.3 is 0 Å². The minimum absolute atomic E-state index is 0.294. The molecule has 0 aromatic carbocycles. The standard InChI is InChI=1S/C14H18N6O/c1-4-20(5-2)14-9(7-15)8-6-10(21-3)18-12(16)11(8)13(17)19-14/h6H,4-5H2,1-3H3,(H2,16,18)(H2,17,19)/p+1. The molecule has 0 aliphatic rings. The van der Waals surface area contributed by atoms with E-state index in [0.29, 0.717) is 39.7 Å². The first kappa shape index (κ1) is 14.7. The lowest BCUT2D eigenvalue weighted by molar-refractivity contribution is -0.374. The third kappa shape index (κ3) is 2.36. The number of hydrogen-bond donors (Lipinski definition) is 2. The van der Waals surface area contributed by atoms with Gasteiger partial charge in [0.15, 0.2) is 0 Å². The van der Waals surface area contributed by atoms with E-state index in [9.17, 15) is 5.26 Å². The predicted octanol–water partition coefficient (Wildman–Crippen LogP) is 0.940. The van der Waals surface area contributed by atoms with Crippen LogP contribution >= 0.6 is 0 Å². The summed E-state index contributed by atoms with van der Waals surface area (Å²) in [5, 5.41) is 10.7. The highest BCUT2D eigenvalue weighted by atomic mass is 16.5. The van der Waals surface area contributed by atoms with Gasteiger partial charge in [0.1, 0.15) is 28.7 Å². The van der Waals surface area contributed by atoms with Crippen LogP contribution in [0.25, 0.3) is 10.8 Å². The summed E-state index contributed by atoms with van der Waals surface area (Å²) in [5.41, 5.74) is 12.4. The van der Waals surface area contributed by atoms with Crippen molar-refractivity contribution >= 4 is 28.2 Å². The van der Waals surface area contributed by atoms with Crippen molar-refractivity contribution in [2.75, 3.05) is 36.6 Å². The molecule has 0 aliphatic carbocycles. The maximum Gasteiger partial charge on any atom is 0.284 e. The molecular weight excluding hydrogens is 268 g/mol. The summed E-state index contributed by atoms with van der Waals surface area (Å²) in [6, 6.07) is 3.93. The van der Waals surface area contributed by atoms with E-state index in [1.165, 1.54) is 7.11 Å². The maximum absolute atomic E-state index is 9.55. The molecule has 0 unspecified atom stereocenters. The lowest BCUT2D eigenvalue weighted by Gasteiger charge is -2.22. The largest absolute Gasteiger partial charge is 0.466 e. The van der Waals surface area contributed by atoms with E-state index in [1.54, 1.807) is 6.07 Å². The Morgan fingerprint density at radius 2 is 2.05 bits per heavy atom. The molecule has 0 radical (unpaired) electrons. The normalized spacial score (nSPS) is 10.4. The summed E-state index contributed by atoms with van der Waals surface area (Å²) in [7, 11) is 1.53. The van der Waals surface area contributed by atoms with Gasteiger partial charge in [-0.1, -0.05) is 0 Å². The van der Waals surface area contributed by atoms with Gasteiger partial charge < -0.3 is 15.4 Å². The van der Waals surface area contributed by atoms with E-state index < -0.39 is 0 Å². The van der Waals surface area contributed by atoms with Crippen LogP contribution in [-0.4, -0.2) is 25.2 Å². The lowest BCUT2D eigenvalue weighted by atomic mass is 10.1. The van der Waals surface area contributed by atoms with Crippen molar-refractivity contribution in [1.29, 1.82) is 5.26 Å². The van der Waals surface area contributed by atoms with Crippen LogP contribution in [0.5, 0.6) is 5.88 Å². The van der Waals surface area contributed by atoms with Gasteiger partial charge in [-0.3, -0.25) is 5.73 Å². The Morgan fingerprint density at radius 3 is 2.57 bits per heavy atom. The third-order valence-electron chi connectivity index (χ3n) is 3.44. The number of rotatable bonds is 4. The van der Waals surface area contributed by atoms with Gasteiger partial charge in [-0.2, -0.15) is 5.26 Å². The summed E-state index contributed by atoms with van der Waals surface area (Å²) >= 11 is 0. The minimum Gasteiger partial charge on any atom is -0.466 e. The average molecular weight is 287 g/mol. The number of aromatic amines is 1. The molecule has 2 aromatic rings. The second kappa shape index (κ2) is 5.71. The molecule has 0 bridgehead atoms. The fraction of sp³-hybridized carbons (Fsp3) is 0.357. The summed E-state index contributed by atoms with van der Waals surface area (Å²) < 4.78 is 5.18. The Morgan fingerprint density at radius 1 is 1.38 bits per heavy atom. The van der Waals surface area contributed by atoms with E-state index in [0.717, 1.165) is 13.1 Å². The zero-order chi connectivity index (χ0) is 15.6. The van der Waals surface area contributed by atoms with Crippen LogP contribution in [0.15, 0.2) is 6.07 Å². The Balaban J connectivity index is 2.89. The number of nitrogens with zero attached hydrogens (tertiary/aromatic N) is 3. The highest BCUT2D eigenvalue weighted by Gasteiger charge is 2.21. The first-order valence-corrected chi connectivity index (χ1v) is 6.71. The molecule has 110 valence electrons. The topological polar surface area (TPSA) is 115 Å². The number of aromatic nitrogens is 2. The Labute approximate surface area is 123 Å². The second-order valence-electron chi connectivity index (χ2n) is 4.52. The summed E-state index contributed by atoms with van der Waals surface area (Å²) in [4.78, 5) is 9.23. The number of H-pyrrole nitrogens is 1. The molecular formula is C14H19N6O+. The van der Waals surface area contributed by atoms with Gasteiger partial charge in [0, 0.05) is 24.5 Å². The first-order valence-electron chi connectivity index (χ1n) is 6.71. The number of anilines is 3. The minimum atomic E-state index is 0.294. The van der Waals surface area contributed by atoms with Crippen LogP contribution in [0.1, 0.15) is 19.4 Å². The van der Waals surface area contributed by atoms with Crippen LogP contribution in [0.2, 0.25) is 0 Å². The van der Waals surface area contributed by atoms with Crippen LogP contribution in [0.4, 0.5) is 17.5 Å². The van der Waals surface area contributed by atoms with E-state index >= 15 is 0 Å². The van der Waals surface area contributed by atoms with Crippen LogP contribution in [0, 0.1) is 11.3 Å². The van der Waals surface area contributed by atoms with Crippen molar-refractivity contribution in [2.24, 2.45) is 0 Å². The zero-order valence-corrected chi connectivity index (χ0v) is 12.4. The second-order valence-corrected chi connectivity index (χ2v) is 4.52. The number of hydrogen-bond acceptors (Lipinski definition) is 6. The molecule has 7 heteroatoms. The number of nitriles is 1. The number of nitrogen functional groups attached to an aromatic ring is 2. The number of ether oxygens (including phenoxy) is 1. The SMILES string of the molecule is CCN(CC)c1nc(N)c2c(N)[nH+]c(OC)cc2c1C#N. The molecule has 2 aromatic heterocycles. The molecule has 0 aliphatic heterocycles. The van der Waals surface area contributed by atoms with Crippen molar-refractivity contribution in [2.45, 2.75) is 13.8 Å². The highest BCUT2D eigenvalue weighted by molar-refractivity contribution is 6.03. The predicted molar refractivity (Wildman–Crippen MR) is 82.0 cm³/mol. The monoisotopic (exact) mass is 287 g/mol. The van der Waals surface area contributed by atoms with Crippen molar-refractivity contribution in [1.82, 2.24) is 4.98 Å². The van der Waals surface area contributed by atoms with Crippen LogP contribution in [0.3, 0.4) is 0 Å². The van der Waals surface area contributed by atoms with Crippen LogP contribution < -0.4 is 26.1 Å². The number of nitrogens with two attached hydrogens (primary N) is 2. The van der Waals surface area contributed by atoms with Crippen molar-refractivity contribution in [3.8, 4) is 11.9 Å². The molecule has 0 spiro atoms. The van der Waals surface area contributed by atoms with Gasteiger partial charge in [-0.05, 0) is 13.8 Å². The quantitative estimate of drug-likeness (QED) is 0.864. The fourth-order valence-corrected chi connectivity index (χ4v) is 2.37. The number of nitrogens with one attached hydrogen (secondary N) is 1. The molecule has 21 heavy (non-hydrogen) atoms. The summed E-state index contributed by atoms with van der Waals surface area (Å²) in [6.45, 7) is 5.46. The van der Waals surface area contributed by atoms with Crippen molar-refractivity contribution in [3.63, 3.8) is 0 Å². The fourth-order valence-electron chi connectivity index (χ4n) is 2.37. The van der Waals surface area contributed by atoms with E-state index in [1.807, 2.05) is 18.7 Å². The van der Waals surface area contributed by atoms with Crippen molar-refractivity contribution in [3.05, 3.63) is 11.6 Å². The molecule has 0 saturated heterocycles. The molecule has 0 amide bonds. The molecule has 7 nitrogen and oxygen atoms in total. The van der Waals surface area contributed by atoms with Gasteiger partial charge in [0.05, 0.1) is 7.11 Å². The van der Waals surface area contributed by atoms with E-state index in [4.69, 9.17) is 16.2 Å². The van der Waals surface area contributed by atoms with Gasteiger partial charge in [0.25, 0.3) is 11.7 Å². The summed E-state index contributed by atoms with van der Waals surface area (Å²) in [6.07, 6.45) is 0. The highest BCUT2D eigenvalue weighted by Crippen LogP contribution is 2.33. The third-order valence-corrected chi connectivity index (χ3v) is 3.44. The number of methoxy groups -OCH3 is 1. The maximum atomic E-state index is 9.55. The smallest absolute Gasteiger partial charge is 0.284 e. The molecule has 0 fully saturated rings. The van der Waals surface area contributed by atoms with Crippen molar-refractivity contribution < 1.29 is 9.72 Å². The lowest BCUT2D eigenvalue weighted by Crippen LogP contribution is -2.25. The van der Waals surface area contributed by atoms with E-state index in [-0.39, 0.29) is 0 Å². The molecule has 0 saturated carbocycles. The molecule has 2 heterocycles. The van der Waals surface area contributed by atoms with E-state index in [2.05, 4.69) is 16.0 Å². The zero-order valence-electron chi connectivity index (χ0n) is 12.4. The Kier molecular flexibility index (Phi) is 3.98. The molecule has 0 atom stereocenters. The number of fused-ring (bicyclic) bond motifs is 1. The average Bonchev–Trinajstić information content (AvgIpc) is 2.48. The number of pyridine rings is 2. The molecule has 2 rings (SSSR count). The Bertz CT molecular complexity index is 718.